The molecule has 0 N–H and O–H groups in total. The molecule has 3 aromatic carbocycles. The quantitative estimate of drug-likeness (QED) is 0.502. The molecule has 0 spiro atoms. The number of rotatable bonds is 2. The Hall–Kier alpha value is -1.67. The van der Waals surface area contributed by atoms with Crippen molar-refractivity contribution < 1.29 is 4.21 Å². The fourth-order valence-corrected chi connectivity index (χ4v) is 3.62. The van der Waals surface area contributed by atoms with Gasteiger partial charge in [-0.15, -0.1) is 4.21 Å². The highest BCUT2D eigenvalue weighted by Crippen LogP contribution is 2.30. The third-order valence-electron chi connectivity index (χ3n) is 3.37. The zero-order chi connectivity index (χ0) is 13.5. The maximum absolute atomic E-state index is 12.2. The Morgan fingerprint density at radius 3 is 1.79 bits per heavy atom. The minimum absolute atomic E-state index is 0.634. The molecule has 0 aliphatic rings. The van der Waals surface area contributed by atoms with Crippen LogP contribution in [0, 0.1) is 0 Å². The van der Waals surface area contributed by atoms with Crippen LogP contribution in [0.4, 0.5) is 0 Å². The average Bonchev–Trinajstić information content (AvgIpc) is 2.37. The van der Waals surface area contributed by atoms with Gasteiger partial charge < -0.3 is 0 Å². The molecule has 0 unspecified atom stereocenters. The van der Waals surface area contributed by atoms with Gasteiger partial charge in [0, 0.05) is 5.56 Å². The third kappa shape index (κ3) is 2.41. The third-order valence-corrected chi connectivity index (χ3v) is 4.36. The SMILES string of the molecule is C[S+](C)(=O)Cc1c2ccccc2cc2ccccc12. The molecule has 1 nitrogen and oxygen atoms in total. The molecule has 0 fully saturated rings. The minimum atomic E-state index is -1.81. The van der Waals surface area contributed by atoms with Gasteiger partial charge in [-0.1, -0.05) is 48.5 Å². The average molecular weight is 269 g/mol. The summed E-state index contributed by atoms with van der Waals surface area (Å²) in [6.45, 7) is 0. The van der Waals surface area contributed by atoms with Crippen molar-refractivity contribution in [2.75, 3.05) is 12.5 Å². The highest BCUT2D eigenvalue weighted by molar-refractivity contribution is 8.00. The van der Waals surface area contributed by atoms with Crippen LogP contribution >= 0.6 is 0 Å². The van der Waals surface area contributed by atoms with Gasteiger partial charge in [-0.05, 0) is 27.6 Å². The molecule has 3 aromatic rings. The standard InChI is InChI=1S/C17H17OS/c1-19(2,18)12-17-15-9-5-3-7-13(15)11-14-8-4-6-10-16(14)17/h3-11H,12H2,1-2H3/q+1. The van der Waals surface area contributed by atoms with Crippen molar-refractivity contribution in [1.29, 1.82) is 0 Å². The first kappa shape index (κ1) is 12.4. The van der Waals surface area contributed by atoms with E-state index in [1.165, 1.54) is 27.1 Å². The van der Waals surface area contributed by atoms with E-state index in [1.54, 1.807) is 0 Å². The minimum Gasteiger partial charge on any atom is -0.106 e. The first-order chi connectivity index (χ1) is 9.04. The van der Waals surface area contributed by atoms with Crippen molar-refractivity contribution in [1.82, 2.24) is 0 Å². The first-order valence-corrected chi connectivity index (χ1v) is 8.90. The van der Waals surface area contributed by atoms with Gasteiger partial charge in [-0.2, -0.15) is 0 Å². The Bertz CT molecular complexity index is 745. The molecule has 0 aliphatic heterocycles. The van der Waals surface area contributed by atoms with Crippen LogP contribution in [0.5, 0.6) is 0 Å². The number of hydrogen-bond acceptors (Lipinski definition) is 1. The monoisotopic (exact) mass is 269 g/mol. The van der Waals surface area contributed by atoms with E-state index in [2.05, 4.69) is 42.5 Å². The summed E-state index contributed by atoms with van der Waals surface area (Å²) in [5.74, 6) is 0.634. The summed E-state index contributed by atoms with van der Waals surface area (Å²) in [7, 11) is -1.81. The molecule has 0 aromatic heterocycles. The van der Waals surface area contributed by atoms with Crippen molar-refractivity contribution in [2.24, 2.45) is 0 Å². The largest absolute Gasteiger partial charge is 0.138 e. The van der Waals surface area contributed by atoms with E-state index >= 15 is 0 Å². The van der Waals surface area contributed by atoms with Crippen molar-refractivity contribution >= 4 is 31.5 Å². The molecular weight excluding hydrogens is 252 g/mol. The van der Waals surface area contributed by atoms with Crippen LogP contribution in [0.3, 0.4) is 0 Å². The Morgan fingerprint density at radius 2 is 1.32 bits per heavy atom. The van der Waals surface area contributed by atoms with Crippen LogP contribution in [0.1, 0.15) is 5.56 Å². The van der Waals surface area contributed by atoms with Crippen LogP contribution in [0.15, 0.2) is 54.6 Å². The summed E-state index contributed by atoms with van der Waals surface area (Å²) < 4.78 is 12.2. The van der Waals surface area contributed by atoms with Gasteiger partial charge >= 0.3 is 0 Å². The summed E-state index contributed by atoms with van der Waals surface area (Å²) in [6, 6.07) is 18.9. The topological polar surface area (TPSA) is 17.1 Å². The molecule has 0 saturated heterocycles. The molecule has 0 aliphatic carbocycles. The Kier molecular flexibility index (Phi) is 2.90. The van der Waals surface area contributed by atoms with Gasteiger partial charge in [0.25, 0.3) is 0 Å². The fraction of sp³-hybridized carbons (Fsp3) is 0.176. The van der Waals surface area contributed by atoms with Crippen molar-refractivity contribution in [2.45, 2.75) is 5.75 Å². The second-order valence-corrected chi connectivity index (χ2v) is 8.54. The molecule has 96 valence electrons. The molecule has 0 amide bonds. The predicted molar refractivity (Wildman–Crippen MR) is 85.1 cm³/mol. The van der Waals surface area contributed by atoms with Crippen LogP contribution < -0.4 is 0 Å². The second kappa shape index (κ2) is 4.46. The van der Waals surface area contributed by atoms with Gasteiger partial charge in [-0.25, -0.2) is 0 Å². The Morgan fingerprint density at radius 1 is 0.842 bits per heavy atom. The fourth-order valence-electron chi connectivity index (χ4n) is 2.61. The van der Waals surface area contributed by atoms with Crippen molar-refractivity contribution in [3.05, 3.63) is 60.2 Å². The summed E-state index contributed by atoms with van der Waals surface area (Å²) >= 11 is 0. The molecule has 3 rings (SSSR count). The van der Waals surface area contributed by atoms with E-state index < -0.39 is 9.93 Å². The van der Waals surface area contributed by atoms with Crippen LogP contribution in [0.25, 0.3) is 21.5 Å². The van der Waals surface area contributed by atoms with Gasteiger partial charge in [0.15, 0.2) is 0 Å². The summed E-state index contributed by atoms with van der Waals surface area (Å²) in [6.07, 6.45) is 3.67. The second-order valence-electron chi connectivity index (χ2n) is 5.38. The van der Waals surface area contributed by atoms with Gasteiger partial charge in [0.1, 0.15) is 18.3 Å². The number of hydrogen-bond donors (Lipinski definition) is 0. The Labute approximate surface area is 114 Å². The van der Waals surface area contributed by atoms with Gasteiger partial charge in [0.05, 0.1) is 9.93 Å². The van der Waals surface area contributed by atoms with E-state index in [0.717, 1.165) is 0 Å². The van der Waals surface area contributed by atoms with E-state index in [9.17, 15) is 4.21 Å². The lowest BCUT2D eigenvalue weighted by Gasteiger charge is -2.11. The highest BCUT2D eigenvalue weighted by Gasteiger charge is 2.18. The normalized spacial score (nSPS) is 12.1. The zero-order valence-corrected chi connectivity index (χ0v) is 12.0. The number of benzene rings is 3. The summed E-state index contributed by atoms with van der Waals surface area (Å²) in [4.78, 5) is 0. The molecule has 0 saturated carbocycles. The van der Waals surface area contributed by atoms with E-state index in [1.807, 2.05) is 24.6 Å². The van der Waals surface area contributed by atoms with Gasteiger partial charge in [-0.3, -0.25) is 0 Å². The first-order valence-electron chi connectivity index (χ1n) is 6.36. The van der Waals surface area contributed by atoms with E-state index in [0.29, 0.717) is 5.75 Å². The van der Waals surface area contributed by atoms with Crippen LogP contribution in [-0.2, 0) is 19.9 Å². The molecule has 0 bridgehead atoms. The number of fused-ring (bicyclic) bond motifs is 2. The van der Waals surface area contributed by atoms with E-state index in [4.69, 9.17) is 0 Å². The molecule has 19 heavy (non-hydrogen) atoms. The highest BCUT2D eigenvalue weighted by atomic mass is 32.2. The van der Waals surface area contributed by atoms with Crippen molar-refractivity contribution in [3.63, 3.8) is 0 Å². The molecule has 2 heteroatoms. The van der Waals surface area contributed by atoms with E-state index in [-0.39, 0.29) is 0 Å². The maximum atomic E-state index is 12.2. The summed E-state index contributed by atoms with van der Waals surface area (Å²) in [5, 5.41) is 4.88. The lowest BCUT2D eigenvalue weighted by molar-refractivity contribution is 0.590. The summed E-state index contributed by atoms with van der Waals surface area (Å²) in [5.41, 5.74) is 1.21. The zero-order valence-electron chi connectivity index (χ0n) is 11.2. The Balaban J connectivity index is 2.43. The smallest absolute Gasteiger partial charge is 0.106 e. The van der Waals surface area contributed by atoms with Crippen LogP contribution in [-0.4, -0.2) is 12.5 Å². The van der Waals surface area contributed by atoms with Crippen LogP contribution in [0.2, 0.25) is 0 Å². The lowest BCUT2D eigenvalue weighted by atomic mass is 9.98. The molecule has 0 heterocycles. The van der Waals surface area contributed by atoms with Crippen molar-refractivity contribution in [3.8, 4) is 0 Å². The lowest BCUT2D eigenvalue weighted by Crippen LogP contribution is -2.09. The maximum Gasteiger partial charge on any atom is 0.138 e. The molecule has 0 radical (unpaired) electrons. The molecule has 0 atom stereocenters. The molecular formula is C17H17OS+. The predicted octanol–water partition coefficient (Wildman–Crippen LogP) is 4.25. The van der Waals surface area contributed by atoms with Gasteiger partial charge in [0.2, 0.25) is 0 Å².